The highest BCUT2D eigenvalue weighted by molar-refractivity contribution is 7.99. The van der Waals surface area contributed by atoms with Gasteiger partial charge < -0.3 is 10.1 Å². The number of nitrogens with zero attached hydrogens (tertiary/aromatic N) is 1. The fourth-order valence-electron chi connectivity index (χ4n) is 1.96. The van der Waals surface area contributed by atoms with Crippen LogP contribution >= 0.6 is 11.8 Å². The van der Waals surface area contributed by atoms with Crippen LogP contribution in [0.2, 0.25) is 0 Å². The summed E-state index contributed by atoms with van der Waals surface area (Å²) in [7, 11) is 0. The molecule has 4 nitrogen and oxygen atoms in total. The Kier molecular flexibility index (Phi) is 2.59. The highest BCUT2D eigenvalue weighted by Gasteiger charge is 2.38. The van der Waals surface area contributed by atoms with E-state index < -0.39 is 5.54 Å². The lowest BCUT2D eigenvalue weighted by Crippen LogP contribution is -2.42. The first-order valence-corrected chi connectivity index (χ1v) is 6.84. The number of nitrogens with one attached hydrogen (secondary N) is 1. The number of amidine groups is 1. The average Bonchev–Trinajstić information content (AvgIpc) is 2.63. The first kappa shape index (κ1) is 11.6. The Morgan fingerprint density at radius 1 is 1.44 bits per heavy atom. The van der Waals surface area contributed by atoms with Gasteiger partial charge in [-0.05, 0) is 26.0 Å². The van der Waals surface area contributed by atoms with Crippen molar-refractivity contribution < 1.29 is 9.53 Å². The van der Waals surface area contributed by atoms with E-state index in [-0.39, 0.29) is 12.0 Å². The number of hydrogen-bond donors (Lipinski definition) is 1. The number of carbonyl (C=O) groups is 1. The number of para-hydroxylation sites is 1. The number of hydrogen-bond acceptors (Lipinski definition) is 4. The van der Waals surface area contributed by atoms with Crippen molar-refractivity contribution in [3.05, 3.63) is 24.3 Å². The number of ether oxygens (including phenoxy) is 1. The lowest BCUT2D eigenvalue weighted by atomic mass is 10.1. The Balaban J connectivity index is 1.84. The van der Waals surface area contributed by atoms with Crippen LogP contribution in [0.15, 0.2) is 34.2 Å². The molecule has 0 radical (unpaired) electrons. The van der Waals surface area contributed by atoms with Gasteiger partial charge in [-0.1, -0.05) is 12.1 Å². The van der Waals surface area contributed by atoms with Gasteiger partial charge in [-0.3, -0.25) is 9.79 Å². The highest BCUT2D eigenvalue weighted by atomic mass is 32.2. The molecule has 3 rings (SSSR count). The number of fused-ring (bicyclic) bond motifs is 1. The number of benzene rings is 1. The summed E-state index contributed by atoms with van der Waals surface area (Å²) >= 11 is 1.73. The quantitative estimate of drug-likeness (QED) is 0.840. The third-order valence-electron chi connectivity index (χ3n) is 3.01. The fraction of sp³-hybridized carbons (Fsp3) is 0.385. The summed E-state index contributed by atoms with van der Waals surface area (Å²) in [6.45, 7) is 3.61. The lowest BCUT2D eigenvalue weighted by molar-refractivity contribution is -0.122. The van der Waals surface area contributed by atoms with Gasteiger partial charge in [-0.25, -0.2) is 0 Å². The van der Waals surface area contributed by atoms with Gasteiger partial charge in [0.05, 0.1) is 0 Å². The summed E-state index contributed by atoms with van der Waals surface area (Å²) in [5.74, 6) is 2.21. The van der Waals surface area contributed by atoms with Gasteiger partial charge in [-0.2, -0.15) is 0 Å². The molecule has 0 fully saturated rings. The van der Waals surface area contributed by atoms with Crippen molar-refractivity contribution in [1.29, 1.82) is 0 Å². The molecule has 94 valence electrons. The normalized spacial score (nSPS) is 24.9. The molecule has 18 heavy (non-hydrogen) atoms. The average molecular weight is 262 g/mol. The maximum atomic E-state index is 11.7. The number of carbonyl (C=O) groups excluding carboxylic acids is 1. The minimum absolute atomic E-state index is 0.0649. The van der Waals surface area contributed by atoms with Crippen LogP contribution in [0, 0.1) is 0 Å². The summed E-state index contributed by atoms with van der Waals surface area (Å²) in [6.07, 6.45) is -0.171. The highest BCUT2D eigenvalue weighted by Crippen LogP contribution is 2.35. The SMILES string of the molecule is CC1(C)N=C(C2CSc3ccccc3O2)NC1=O. The van der Waals surface area contributed by atoms with Crippen LogP contribution in [0.25, 0.3) is 0 Å². The Hall–Kier alpha value is -1.49. The summed E-state index contributed by atoms with van der Waals surface area (Å²) in [6, 6.07) is 7.92. The summed E-state index contributed by atoms with van der Waals surface area (Å²) < 4.78 is 5.89. The molecule has 0 aromatic heterocycles. The molecular formula is C13H14N2O2S. The number of thioether (sulfide) groups is 1. The van der Waals surface area contributed by atoms with E-state index in [4.69, 9.17) is 4.74 Å². The van der Waals surface area contributed by atoms with Gasteiger partial charge in [0.25, 0.3) is 5.91 Å². The molecule has 0 bridgehead atoms. The zero-order valence-corrected chi connectivity index (χ0v) is 11.1. The van der Waals surface area contributed by atoms with E-state index in [0.717, 1.165) is 16.4 Å². The number of amides is 1. The molecule has 0 aliphatic carbocycles. The Bertz CT molecular complexity index is 540. The van der Waals surface area contributed by atoms with E-state index in [2.05, 4.69) is 10.3 Å². The molecule has 1 amide bonds. The minimum atomic E-state index is -0.680. The molecule has 1 atom stereocenters. The second-order valence-corrected chi connectivity index (χ2v) is 5.94. The van der Waals surface area contributed by atoms with Gasteiger partial charge in [0.15, 0.2) is 6.10 Å². The summed E-state index contributed by atoms with van der Waals surface area (Å²) in [4.78, 5) is 17.3. The van der Waals surface area contributed by atoms with Crippen molar-refractivity contribution in [3.8, 4) is 5.75 Å². The van der Waals surface area contributed by atoms with Crippen LogP contribution < -0.4 is 10.1 Å². The van der Waals surface area contributed by atoms with E-state index in [1.165, 1.54) is 0 Å². The van der Waals surface area contributed by atoms with E-state index in [9.17, 15) is 4.79 Å². The molecule has 1 aromatic rings. The number of rotatable bonds is 1. The number of aliphatic imine (C=N–C) groups is 1. The maximum Gasteiger partial charge on any atom is 0.252 e. The molecule has 2 aliphatic heterocycles. The first-order chi connectivity index (χ1) is 8.56. The van der Waals surface area contributed by atoms with Gasteiger partial charge in [0.2, 0.25) is 0 Å². The smallest absolute Gasteiger partial charge is 0.252 e. The van der Waals surface area contributed by atoms with Crippen molar-refractivity contribution in [1.82, 2.24) is 5.32 Å². The molecule has 1 N–H and O–H groups in total. The summed E-state index contributed by atoms with van der Waals surface area (Å²) in [5, 5.41) is 2.82. The van der Waals surface area contributed by atoms with Crippen LogP contribution in [-0.2, 0) is 4.79 Å². The minimum Gasteiger partial charge on any atom is -0.480 e. The van der Waals surface area contributed by atoms with E-state index in [1.807, 2.05) is 24.3 Å². The van der Waals surface area contributed by atoms with Crippen LogP contribution in [0.4, 0.5) is 0 Å². The fourth-order valence-corrected chi connectivity index (χ4v) is 2.95. The van der Waals surface area contributed by atoms with Crippen molar-refractivity contribution in [2.75, 3.05) is 5.75 Å². The Morgan fingerprint density at radius 3 is 2.94 bits per heavy atom. The van der Waals surface area contributed by atoms with Crippen LogP contribution in [0.3, 0.4) is 0 Å². The van der Waals surface area contributed by atoms with Crippen LogP contribution in [0.5, 0.6) is 5.75 Å². The van der Waals surface area contributed by atoms with Crippen molar-refractivity contribution >= 4 is 23.5 Å². The molecule has 5 heteroatoms. The molecule has 0 saturated heterocycles. The van der Waals surface area contributed by atoms with Gasteiger partial charge in [-0.15, -0.1) is 11.8 Å². The van der Waals surface area contributed by atoms with Gasteiger partial charge >= 0.3 is 0 Å². The predicted molar refractivity (Wildman–Crippen MR) is 71.2 cm³/mol. The molecule has 1 unspecified atom stereocenters. The molecule has 1 aromatic carbocycles. The standard InChI is InChI=1S/C13H14N2O2S/c1-13(2)12(16)14-11(15-13)9-7-18-10-6-4-3-5-8(10)17-9/h3-6,9H,7H2,1-2H3,(H,14,15,16). The predicted octanol–water partition coefficient (Wildman–Crippen LogP) is 1.85. The molecule has 0 spiro atoms. The monoisotopic (exact) mass is 262 g/mol. The zero-order chi connectivity index (χ0) is 12.8. The van der Waals surface area contributed by atoms with E-state index in [0.29, 0.717) is 5.84 Å². The Morgan fingerprint density at radius 2 is 2.22 bits per heavy atom. The third kappa shape index (κ3) is 1.88. The molecule has 2 aliphatic rings. The van der Waals surface area contributed by atoms with Crippen molar-refractivity contribution in [2.45, 2.75) is 30.4 Å². The topological polar surface area (TPSA) is 50.7 Å². The summed E-state index contributed by atoms with van der Waals surface area (Å²) in [5.41, 5.74) is -0.680. The van der Waals surface area contributed by atoms with Gasteiger partial charge in [0, 0.05) is 10.6 Å². The van der Waals surface area contributed by atoms with Crippen LogP contribution in [0.1, 0.15) is 13.8 Å². The third-order valence-corrected chi connectivity index (χ3v) is 4.13. The molecule has 2 heterocycles. The van der Waals surface area contributed by atoms with E-state index >= 15 is 0 Å². The largest absolute Gasteiger partial charge is 0.480 e. The van der Waals surface area contributed by atoms with Crippen molar-refractivity contribution in [3.63, 3.8) is 0 Å². The first-order valence-electron chi connectivity index (χ1n) is 5.86. The van der Waals surface area contributed by atoms with Gasteiger partial charge in [0.1, 0.15) is 17.1 Å². The van der Waals surface area contributed by atoms with E-state index in [1.54, 1.807) is 25.6 Å². The second-order valence-electron chi connectivity index (χ2n) is 4.87. The van der Waals surface area contributed by atoms with Crippen molar-refractivity contribution in [2.24, 2.45) is 4.99 Å². The molecule has 0 saturated carbocycles. The Labute approximate surface area is 110 Å². The maximum absolute atomic E-state index is 11.7. The zero-order valence-electron chi connectivity index (χ0n) is 10.3. The van der Waals surface area contributed by atoms with Crippen LogP contribution in [-0.4, -0.2) is 29.1 Å². The lowest BCUT2D eigenvalue weighted by Gasteiger charge is -2.25. The second kappa shape index (κ2) is 4.02. The molecular weight excluding hydrogens is 248 g/mol.